The Balaban J connectivity index is 1.98. The van der Waals surface area contributed by atoms with Gasteiger partial charge in [0.25, 0.3) is 10.0 Å². The van der Waals surface area contributed by atoms with Crippen LogP contribution in [0.15, 0.2) is 41.7 Å². The molecule has 5 nitrogen and oxygen atoms in total. The van der Waals surface area contributed by atoms with Gasteiger partial charge in [-0.1, -0.05) is 41.9 Å². The van der Waals surface area contributed by atoms with Crippen LogP contribution in [0.3, 0.4) is 0 Å². The summed E-state index contributed by atoms with van der Waals surface area (Å²) in [5.41, 5.74) is 1.18. The van der Waals surface area contributed by atoms with E-state index < -0.39 is 10.0 Å². The maximum atomic E-state index is 12.2. The van der Waals surface area contributed by atoms with E-state index in [0.29, 0.717) is 6.42 Å². The monoisotopic (exact) mass is 327 g/mol. The quantitative estimate of drug-likeness (QED) is 0.886. The summed E-state index contributed by atoms with van der Waals surface area (Å²) >= 11 is 5.93. The van der Waals surface area contributed by atoms with Gasteiger partial charge in [-0.15, -0.1) is 0 Å². The Bertz CT molecular complexity index is 698. The van der Waals surface area contributed by atoms with Crippen molar-refractivity contribution >= 4 is 21.6 Å². The Morgan fingerprint density at radius 3 is 2.57 bits per heavy atom. The lowest BCUT2D eigenvalue weighted by atomic mass is 10.1. The first-order chi connectivity index (χ1) is 9.90. The molecule has 0 saturated heterocycles. The number of rotatable bonds is 6. The SMILES string of the molecule is C[C@H](CCc1ccccc1)NS(=O)(=O)c1ncn(C)c1Cl. The highest BCUT2D eigenvalue weighted by molar-refractivity contribution is 7.89. The normalized spacial score (nSPS) is 13.3. The second-order valence-electron chi connectivity index (χ2n) is 5.00. The molecule has 0 radical (unpaired) electrons. The van der Waals surface area contributed by atoms with Gasteiger partial charge in [-0.25, -0.2) is 18.1 Å². The van der Waals surface area contributed by atoms with E-state index in [0.717, 1.165) is 6.42 Å². The lowest BCUT2D eigenvalue weighted by Gasteiger charge is -2.13. The Kier molecular flexibility index (Phi) is 5.03. The van der Waals surface area contributed by atoms with Crippen LogP contribution < -0.4 is 4.72 Å². The molecule has 0 spiro atoms. The maximum Gasteiger partial charge on any atom is 0.261 e. The van der Waals surface area contributed by atoms with Crippen LogP contribution in [0.25, 0.3) is 0 Å². The molecular formula is C14H18ClN3O2S. The summed E-state index contributed by atoms with van der Waals surface area (Å²) in [4.78, 5) is 3.84. The number of imidazole rings is 1. The second kappa shape index (κ2) is 6.60. The van der Waals surface area contributed by atoms with Gasteiger partial charge in [-0.2, -0.15) is 0 Å². The molecule has 1 heterocycles. The summed E-state index contributed by atoms with van der Waals surface area (Å²) in [6, 6.07) is 9.75. The minimum Gasteiger partial charge on any atom is -0.324 e. The average Bonchev–Trinajstić information content (AvgIpc) is 2.78. The molecule has 1 N–H and O–H groups in total. The fraction of sp³-hybridized carbons (Fsp3) is 0.357. The zero-order chi connectivity index (χ0) is 15.5. The van der Waals surface area contributed by atoms with Crippen molar-refractivity contribution in [2.24, 2.45) is 7.05 Å². The molecule has 1 aromatic heterocycles. The predicted octanol–water partition coefficient (Wildman–Crippen LogP) is 2.37. The van der Waals surface area contributed by atoms with Crippen LogP contribution in [0.1, 0.15) is 18.9 Å². The number of benzene rings is 1. The highest BCUT2D eigenvalue weighted by atomic mass is 35.5. The molecule has 0 aliphatic carbocycles. The van der Waals surface area contributed by atoms with Crippen molar-refractivity contribution in [3.8, 4) is 0 Å². The number of hydrogen-bond donors (Lipinski definition) is 1. The van der Waals surface area contributed by atoms with Crippen molar-refractivity contribution in [3.05, 3.63) is 47.4 Å². The third-order valence-electron chi connectivity index (χ3n) is 3.15. The number of nitrogens with zero attached hydrogens (tertiary/aromatic N) is 2. The predicted molar refractivity (Wildman–Crippen MR) is 82.8 cm³/mol. The fourth-order valence-electron chi connectivity index (χ4n) is 1.98. The van der Waals surface area contributed by atoms with Gasteiger partial charge in [0.1, 0.15) is 5.15 Å². The molecule has 0 fully saturated rings. The Morgan fingerprint density at radius 1 is 1.33 bits per heavy atom. The molecule has 114 valence electrons. The summed E-state index contributed by atoms with van der Waals surface area (Å²) in [7, 11) is -2.04. The molecule has 0 aliphatic rings. The number of aryl methyl sites for hydroxylation is 2. The van der Waals surface area contributed by atoms with Crippen LogP contribution in [0.4, 0.5) is 0 Å². The van der Waals surface area contributed by atoms with Crippen LogP contribution in [0, 0.1) is 0 Å². The van der Waals surface area contributed by atoms with Crippen LogP contribution >= 0.6 is 11.6 Å². The number of halogens is 1. The first-order valence-electron chi connectivity index (χ1n) is 6.63. The lowest BCUT2D eigenvalue weighted by Crippen LogP contribution is -2.33. The van der Waals surface area contributed by atoms with Crippen molar-refractivity contribution in [2.45, 2.75) is 30.8 Å². The van der Waals surface area contributed by atoms with Crippen LogP contribution in [0.2, 0.25) is 5.15 Å². The number of hydrogen-bond acceptors (Lipinski definition) is 3. The van der Waals surface area contributed by atoms with E-state index in [9.17, 15) is 8.42 Å². The minimum atomic E-state index is -3.69. The summed E-state index contributed by atoms with van der Waals surface area (Å²) in [6.07, 6.45) is 2.89. The Morgan fingerprint density at radius 2 is 2.00 bits per heavy atom. The van der Waals surface area contributed by atoms with Gasteiger partial charge in [-0.3, -0.25) is 0 Å². The van der Waals surface area contributed by atoms with Gasteiger partial charge in [0.15, 0.2) is 0 Å². The van der Waals surface area contributed by atoms with Crippen LogP contribution in [-0.2, 0) is 23.5 Å². The van der Waals surface area contributed by atoms with E-state index in [1.165, 1.54) is 16.5 Å². The molecule has 1 atom stereocenters. The van der Waals surface area contributed by atoms with Gasteiger partial charge >= 0.3 is 0 Å². The molecular weight excluding hydrogens is 310 g/mol. The minimum absolute atomic E-state index is 0.109. The number of sulfonamides is 1. The standard InChI is InChI=1S/C14H18ClN3O2S/c1-11(8-9-12-6-4-3-5-7-12)17-21(19,20)14-13(15)18(2)10-16-14/h3-7,10-11,17H,8-9H2,1-2H3/t11-/m1/s1. The topological polar surface area (TPSA) is 64.0 Å². The van der Waals surface area contributed by atoms with E-state index in [4.69, 9.17) is 11.6 Å². The van der Waals surface area contributed by atoms with E-state index in [-0.39, 0.29) is 16.2 Å². The molecule has 0 saturated carbocycles. The molecule has 1 aromatic carbocycles. The molecule has 0 aliphatic heterocycles. The summed E-state index contributed by atoms with van der Waals surface area (Å²) in [5, 5.41) is -0.0176. The summed E-state index contributed by atoms with van der Waals surface area (Å²) in [6.45, 7) is 1.83. The summed E-state index contributed by atoms with van der Waals surface area (Å²) in [5.74, 6) is 0. The van der Waals surface area contributed by atoms with E-state index in [1.54, 1.807) is 7.05 Å². The third kappa shape index (κ3) is 4.06. The largest absolute Gasteiger partial charge is 0.324 e. The molecule has 2 aromatic rings. The zero-order valence-electron chi connectivity index (χ0n) is 12.0. The van der Waals surface area contributed by atoms with Crippen molar-refractivity contribution in [2.75, 3.05) is 0 Å². The van der Waals surface area contributed by atoms with Gasteiger partial charge < -0.3 is 4.57 Å². The second-order valence-corrected chi connectivity index (χ2v) is 6.99. The molecule has 0 amide bonds. The van der Waals surface area contributed by atoms with Crippen molar-refractivity contribution < 1.29 is 8.42 Å². The Hall–Kier alpha value is -1.37. The molecule has 7 heteroatoms. The Labute approximate surface area is 130 Å². The van der Waals surface area contributed by atoms with E-state index in [1.807, 2.05) is 37.3 Å². The highest BCUT2D eigenvalue weighted by Gasteiger charge is 2.24. The molecule has 0 bridgehead atoms. The van der Waals surface area contributed by atoms with E-state index in [2.05, 4.69) is 9.71 Å². The van der Waals surface area contributed by atoms with Crippen molar-refractivity contribution in [1.82, 2.24) is 14.3 Å². The number of aromatic nitrogens is 2. The molecule has 0 unspecified atom stereocenters. The third-order valence-corrected chi connectivity index (χ3v) is 5.23. The first-order valence-corrected chi connectivity index (χ1v) is 8.49. The smallest absolute Gasteiger partial charge is 0.261 e. The van der Waals surface area contributed by atoms with Crippen molar-refractivity contribution in [1.29, 1.82) is 0 Å². The first kappa shape index (κ1) is 16.0. The van der Waals surface area contributed by atoms with E-state index >= 15 is 0 Å². The summed E-state index contributed by atoms with van der Waals surface area (Å²) < 4.78 is 28.5. The van der Waals surface area contributed by atoms with Crippen LogP contribution in [-0.4, -0.2) is 24.0 Å². The number of nitrogens with one attached hydrogen (secondary N) is 1. The maximum absolute atomic E-state index is 12.2. The van der Waals surface area contributed by atoms with Crippen molar-refractivity contribution in [3.63, 3.8) is 0 Å². The van der Waals surface area contributed by atoms with Gasteiger partial charge in [-0.05, 0) is 25.3 Å². The lowest BCUT2D eigenvalue weighted by molar-refractivity contribution is 0.544. The zero-order valence-corrected chi connectivity index (χ0v) is 13.5. The molecule has 21 heavy (non-hydrogen) atoms. The fourth-order valence-corrected chi connectivity index (χ4v) is 3.69. The highest BCUT2D eigenvalue weighted by Crippen LogP contribution is 2.19. The van der Waals surface area contributed by atoms with Gasteiger partial charge in [0, 0.05) is 13.1 Å². The average molecular weight is 328 g/mol. The van der Waals surface area contributed by atoms with Gasteiger partial charge in [0.2, 0.25) is 5.03 Å². The molecule has 2 rings (SSSR count). The van der Waals surface area contributed by atoms with Crippen LogP contribution in [0.5, 0.6) is 0 Å². The van der Waals surface area contributed by atoms with Gasteiger partial charge in [0.05, 0.1) is 6.33 Å².